The Morgan fingerprint density at radius 1 is 1.08 bits per heavy atom. The van der Waals surface area contributed by atoms with Crippen LogP contribution in [0, 0.1) is 0 Å². The molecule has 0 aliphatic rings. The highest BCUT2D eigenvalue weighted by molar-refractivity contribution is 5.57. The molecule has 0 spiro atoms. The zero-order valence-electron chi connectivity index (χ0n) is 7.95. The lowest BCUT2D eigenvalue weighted by atomic mass is 10.2. The maximum atomic E-state index is 9.44. The van der Waals surface area contributed by atoms with Gasteiger partial charge in [0.2, 0.25) is 0 Å². The van der Waals surface area contributed by atoms with E-state index in [4.69, 9.17) is 0 Å². The van der Waals surface area contributed by atoms with Crippen LogP contribution in [0.2, 0.25) is 0 Å². The van der Waals surface area contributed by atoms with Crippen LogP contribution >= 0.6 is 0 Å². The van der Waals surface area contributed by atoms with E-state index >= 15 is 0 Å². The number of hydrogen-bond donors (Lipinski definition) is 2. The minimum absolute atomic E-state index is 0. The fourth-order valence-electron chi connectivity index (χ4n) is 1.05. The molecule has 0 aromatic heterocycles. The normalized spacial score (nSPS) is 10.7. The van der Waals surface area contributed by atoms with E-state index < -0.39 is 0 Å². The van der Waals surface area contributed by atoms with E-state index in [-0.39, 0.29) is 23.9 Å². The number of hydrogen-bond acceptors (Lipinski definition) is 2. The second-order valence-electron chi connectivity index (χ2n) is 3.69. The lowest BCUT2D eigenvalue weighted by Gasteiger charge is -2.23. The van der Waals surface area contributed by atoms with Gasteiger partial charge in [0.25, 0.3) is 0 Å². The number of benzene rings is 1. The standard InChI is InChI=1S/C9H13NO2.ClH/c1-10(2,3)8-6-7(11)4-5-9(8)12;/h4-6H,1-3H3,(H-,11,12);1H. The number of halogens is 1. The quantitative estimate of drug-likeness (QED) is 0.422. The van der Waals surface area contributed by atoms with Gasteiger partial charge in [-0.3, -0.25) is 4.48 Å². The molecule has 0 amide bonds. The van der Waals surface area contributed by atoms with E-state index in [9.17, 15) is 10.2 Å². The zero-order valence-corrected chi connectivity index (χ0v) is 8.71. The topological polar surface area (TPSA) is 40.5 Å². The van der Waals surface area contributed by atoms with Crippen molar-refractivity contribution in [3.8, 4) is 11.5 Å². The summed E-state index contributed by atoms with van der Waals surface area (Å²) in [5.41, 5.74) is 0.704. The van der Waals surface area contributed by atoms with Crippen molar-refractivity contribution in [1.82, 2.24) is 4.48 Å². The molecule has 2 N–H and O–H groups in total. The Morgan fingerprint density at radius 3 is 2.00 bits per heavy atom. The second kappa shape index (κ2) is 3.85. The minimum atomic E-state index is 0. The summed E-state index contributed by atoms with van der Waals surface area (Å²) in [6.45, 7) is 0. The van der Waals surface area contributed by atoms with Gasteiger partial charge >= 0.3 is 0 Å². The van der Waals surface area contributed by atoms with Crippen molar-refractivity contribution >= 4 is 5.69 Å². The molecule has 0 heterocycles. The largest absolute Gasteiger partial charge is 1.00 e. The lowest BCUT2D eigenvalue weighted by molar-refractivity contribution is -0.00000486. The highest BCUT2D eigenvalue weighted by Crippen LogP contribution is 2.32. The molecule has 0 saturated heterocycles. The Hall–Kier alpha value is -0.930. The summed E-state index contributed by atoms with van der Waals surface area (Å²) in [5, 5.41) is 18.6. The minimum Gasteiger partial charge on any atom is -1.00 e. The SMILES string of the molecule is C[N+](C)(C)c1cc(O)ccc1O.[Cl-]. The van der Waals surface area contributed by atoms with Gasteiger partial charge in [-0.05, 0) is 12.1 Å². The number of rotatable bonds is 1. The van der Waals surface area contributed by atoms with Crippen LogP contribution in [0.4, 0.5) is 5.69 Å². The molecule has 13 heavy (non-hydrogen) atoms. The molecule has 0 bridgehead atoms. The summed E-state index contributed by atoms with van der Waals surface area (Å²) < 4.78 is 0.486. The highest BCUT2D eigenvalue weighted by atomic mass is 35.5. The van der Waals surface area contributed by atoms with Gasteiger partial charge in [0.15, 0.2) is 11.4 Å². The van der Waals surface area contributed by atoms with Gasteiger partial charge < -0.3 is 22.6 Å². The summed E-state index contributed by atoms with van der Waals surface area (Å²) in [4.78, 5) is 0. The van der Waals surface area contributed by atoms with E-state index in [1.54, 1.807) is 6.07 Å². The molecular formula is C9H14ClNO2. The molecule has 0 atom stereocenters. The van der Waals surface area contributed by atoms with E-state index in [2.05, 4.69) is 0 Å². The van der Waals surface area contributed by atoms with Crippen LogP contribution in [0.5, 0.6) is 11.5 Å². The van der Waals surface area contributed by atoms with E-state index in [0.717, 1.165) is 0 Å². The first-order valence-electron chi connectivity index (χ1n) is 3.75. The van der Waals surface area contributed by atoms with E-state index in [1.807, 2.05) is 21.1 Å². The van der Waals surface area contributed by atoms with Crippen molar-refractivity contribution < 1.29 is 22.6 Å². The van der Waals surface area contributed by atoms with E-state index in [0.29, 0.717) is 10.2 Å². The third-order valence-electron chi connectivity index (χ3n) is 1.68. The first-order chi connectivity index (χ1) is 5.41. The van der Waals surface area contributed by atoms with Crippen LogP contribution in [0.3, 0.4) is 0 Å². The Balaban J connectivity index is 0.00000144. The Morgan fingerprint density at radius 2 is 1.62 bits per heavy atom. The number of phenols is 2. The molecule has 0 aliphatic carbocycles. The van der Waals surface area contributed by atoms with Gasteiger partial charge in [0.1, 0.15) is 5.75 Å². The number of aromatic hydroxyl groups is 2. The molecule has 0 radical (unpaired) electrons. The van der Waals surface area contributed by atoms with Crippen LogP contribution in [-0.2, 0) is 0 Å². The van der Waals surface area contributed by atoms with Crippen LogP contribution in [0.1, 0.15) is 0 Å². The zero-order chi connectivity index (χ0) is 9.35. The van der Waals surface area contributed by atoms with Crippen molar-refractivity contribution in [3.05, 3.63) is 18.2 Å². The van der Waals surface area contributed by atoms with Gasteiger partial charge in [-0.2, -0.15) is 0 Å². The summed E-state index contributed by atoms with van der Waals surface area (Å²) in [5.74, 6) is 0.385. The number of phenolic OH excluding ortho intramolecular Hbond substituents is 2. The predicted octanol–water partition coefficient (Wildman–Crippen LogP) is -1.70. The Labute approximate surface area is 84.2 Å². The van der Waals surface area contributed by atoms with Crippen LogP contribution < -0.4 is 16.9 Å². The number of nitrogens with zero attached hydrogens (tertiary/aromatic N) is 1. The van der Waals surface area contributed by atoms with Gasteiger partial charge in [0.05, 0.1) is 21.1 Å². The molecule has 1 rings (SSSR count). The van der Waals surface area contributed by atoms with Crippen molar-refractivity contribution in [1.29, 1.82) is 0 Å². The maximum Gasteiger partial charge on any atom is 0.178 e. The third kappa shape index (κ3) is 2.79. The van der Waals surface area contributed by atoms with Crippen molar-refractivity contribution in [2.24, 2.45) is 0 Å². The van der Waals surface area contributed by atoms with Crippen molar-refractivity contribution in [2.75, 3.05) is 21.1 Å². The second-order valence-corrected chi connectivity index (χ2v) is 3.69. The molecular weight excluding hydrogens is 190 g/mol. The van der Waals surface area contributed by atoms with Crippen LogP contribution in [0.15, 0.2) is 18.2 Å². The fraction of sp³-hybridized carbons (Fsp3) is 0.333. The summed E-state index contributed by atoms with van der Waals surface area (Å²) in [6.07, 6.45) is 0. The lowest BCUT2D eigenvalue weighted by Crippen LogP contribution is -3.00. The molecule has 0 saturated carbocycles. The predicted molar refractivity (Wildman–Crippen MR) is 49.3 cm³/mol. The maximum absolute atomic E-state index is 9.44. The van der Waals surface area contributed by atoms with Gasteiger partial charge in [0, 0.05) is 6.07 Å². The van der Waals surface area contributed by atoms with Gasteiger partial charge in [-0.15, -0.1) is 0 Å². The fourth-order valence-corrected chi connectivity index (χ4v) is 1.05. The number of quaternary nitrogens is 1. The monoisotopic (exact) mass is 203 g/mol. The van der Waals surface area contributed by atoms with Gasteiger partial charge in [-0.25, -0.2) is 0 Å². The first-order valence-corrected chi connectivity index (χ1v) is 3.75. The van der Waals surface area contributed by atoms with Crippen LogP contribution in [-0.4, -0.2) is 31.4 Å². The molecule has 0 aliphatic heterocycles. The summed E-state index contributed by atoms with van der Waals surface area (Å²) in [7, 11) is 5.78. The molecule has 1 aromatic carbocycles. The molecule has 0 fully saturated rings. The van der Waals surface area contributed by atoms with Crippen molar-refractivity contribution in [3.63, 3.8) is 0 Å². The highest BCUT2D eigenvalue weighted by Gasteiger charge is 2.17. The van der Waals surface area contributed by atoms with Crippen molar-refractivity contribution in [2.45, 2.75) is 0 Å². The smallest absolute Gasteiger partial charge is 0.178 e. The summed E-state index contributed by atoms with van der Waals surface area (Å²) >= 11 is 0. The molecule has 1 aromatic rings. The molecule has 74 valence electrons. The Kier molecular flexibility index (Phi) is 3.58. The third-order valence-corrected chi connectivity index (χ3v) is 1.68. The average Bonchev–Trinajstić information content (AvgIpc) is 1.92. The van der Waals surface area contributed by atoms with E-state index in [1.165, 1.54) is 12.1 Å². The van der Waals surface area contributed by atoms with Crippen LogP contribution in [0.25, 0.3) is 0 Å². The molecule has 4 heteroatoms. The Bertz CT molecular complexity index is 294. The molecule has 3 nitrogen and oxygen atoms in total. The molecule has 0 unspecified atom stereocenters. The average molecular weight is 204 g/mol. The summed E-state index contributed by atoms with van der Waals surface area (Å²) in [6, 6.07) is 4.53. The van der Waals surface area contributed by atoms with Gasteiger partial charge in [-0.1, -0.05) is 0 Å². The first kappa shape index (κ1) is 12.1.